The molecule has 0 bridgehead atoms. The third kappa shape index (κ3) is 12.4. The molecule has 9 nitrogen and oxygen atoms in total. The molecule has 0 fully saturated rings. The molecule has 0 unspecified atom stereocenters. The second kappa shape index (κ2) is 31.8. The molecule has 135 heavy (non-hydrogen) atoms. The van der Waals surface area contributed by atoms with Gasteiger partial charge in [-0.15, -0.1) is 0 Å². The topological polar surface area (TPSA) is 149 Å². The predicted molar refractivity (Wildman–Crippen MR) is 538 cm³/mol. The van der Waals surface area contributed by atoms with Crippen LogP contribution in [-0.4, -0.2) is 29.9 Å². The zero-order chi connectivity index (χ0) is 89.9. The maximum Gasteiger partial charge on any atom is 0.141 e. The Labute approximate surface area is 781 Å². The van der Waals surface area contributed by atoms with Crippen molar-refractivity contribution < 1.29 is 0 Å². The molecular formula is C126H75N9. The van der Waals surface area contributed by atoms with Crippen molar-refractivity contribution in [1.82, 2.24) is 29.9 Å². The molecule has 6 aliphatic rings. The lowest BCUT2D eigenvalue weighted by atomic mass is 9.70. The van der Waals surface area contributed by atoms with Gasteiger partial charge in [0.15, 0.2) is 0 Å². The lowest BCUT2D eigenvalue weighted by Gasteiger charge is -2.30. The molecule has 15 aromatic carbocycles. The van der Waals surface area contributed by atoms with Crippen LogP contribution >= 0.6 is 0 Å². The van der Waals surface area contributed by atoms with Gasteiger partial charge in [0.2, 0.25) is 0 Å². The van der Waals surface area contributed by atoms with Crippen molar-refractivity contribution in [3.05, 3.63) is 539 Å². The van der Waals surface area contributed by atoms with Gasteiger partial charge < -0.3 is 0 Å². The summed E-state index contributed by atoms with van der Waals surface area (Å²) in [4.78, 5) is 27.7. The highest BCUT2D eigenvalue weighted by molar-refractivity contribution is 6.02. The van der Waals surface area contributed by atoms with Gasteiger partial charge in [0.1, 0.15) is 17.8 Å². The Morgan fingerprint density at radius 3 is 0.837 bits per heavy atom. The molecule has 21 aromatic rings. The molecule has 0 amide bonds. The Kier molecular flexibility index (Phi) is 18.6. The van der Waals surface area contributed by atoms with Crippen LogP contribution in [-0.2, 0) is 16.2 Å². The Morgan fingerprint density at radius 1 is 0.170 bits per heavy atom. The Balaban J connectivity index is 0.000000108. The fourth-order valence-electron chi connectivity index (χ4n) is 22.5. The summed E-state index contributed by atoms with van der Waals surface area (Å²) in [5, 5.41) is 28.1. The van der Waals surface area contributed by atoms with E-state index in [0.29, 0.717) is 22.5 Å². The Hall–Kier alpha value is -18.3. The van der Waals surface area contributed by atoms with E-state index >= 15 is 0 Å². The number of rotatable bonds is 9. The number of hydrogen-bond donors (Lipinski definition) is 0. The second-order valence-electron chi connectivity index (χ2n) is 35.1. The van der Waals surface area contributed by atoms with Crippen molar-refractivity contribution >= 4 is 0 Å². The summed E-state index contributed by atoms with van der Waals surface area (Å²) in [5.74, 6) is 0. The first kappa shape index (κ1) is 78.9. The van der Waals surface area contributed by atoms with E-state index in [1.807, 2.05) is 48.7 Å². The Morgan fingerprint density at radius 2 is 0.481 bits per heavy atom. The molecule has 3 spiro atoms. The van der Waals surface area contributed by atoms with Gasteiger partial charge in [-0.2, -0.15) is 15.8 Å². The molecule has 0 saturated carbocycles. The average Bonchev–Trinajstić information content (AvgIpc) is 1.52. The molecular weight excluding hydrogens is 1640 g/mol. The minimum atomic E-state index is -0.399. The minimum Gasteiger partial charge on any atom is -0.263 e. The fraction of sp³-hybridized carbons (Fsp3) is 0.0238. The summed E-state index contributed by atoms with van der Waals surface area (Å²) in [6.07, 6.45) is 8.56. The number of fused-ring (bicyclic) bond motifs is 30. The largest absolute Gasteiger partial charge is 0.263 e. The Bertz CT molecular complexity index is 8140. The van der Waals surface area contributed by atoms with Crippen molar-refractivity contribution in [1.29, 1.82) is 15.8 Å². The monoisotopic (exact) mass is 1710 g/mol. The highest BCUT2D eigenvalue weighted by atomic mass is 14.8. The van der Waals surface area contributed by atoms with Crippen LogP contribution in [0.15, 0.2) is 456 Å². The first-order valence-corrected chi connectivity index (χ1v) is 45.4. The number of benzene rings is 15. The van der Waals surface area contributed by atoms with Crippen LogP contribution in [0, 0.1) is 34.0 Å². The zero-order valence-corrected chi connectivity index (χ0v) is 72.8. The van der Waals surface area contributed by atoms with Gasteiger partial charge in [0.05, 0.1) is 67.6 Å². The van der Waals surface area contributed by atoms with Crippen molar-refractivity contribution in [2.24, 2.45) is 0 Å². The van der Waals surface area contributed by atoms with Gasteiger partial charge in [-0.1, -0.05) is 328 Å². The van der Waals surface area contributed by atoms with Crippen molar-refractivity contribution in [2.75, 3.05) is 0 Å². The molecule has 624 valence electrons. The van der Waals surface area contributed by atoms with E-state index in [2.05, 4.69) is 397 Å². The quantitative estimate of drug-likeness (QED) is 0.138. The van der Waals surface area contributed by atoms with E-state index in [4.69, 9.17) is 15.0 Å². The van der Waals surface area contributed by atoms with E-state index in [1.54, 1.807) is 43.0 Å². The molecule has 6 aromatic heterocycles. The number of aromatic nitrogens is 6. The van der Waals surface area contributed by atoms with Gasteiger partial charge in [-0.3, -0.25) is 15.0 Å². The van der Waals surface area contributed by atoms with E-state index < -0.39 is 10.8 Å². The van der Waals surface area contributed by atoms with Gasteiger partial charge in [0.25, 0.3) is 0 Å². The number of nitrogens with zero attached hydrogens (tertiary/aromatic N) is 9. The fourth-order valence-corrected chi connectivity index (χ4v) is 22.5. The van der Waals surface area contributed by atoms with Crippen LogP contribution in [0.5, 0.6) is 0 Å². The maximum atomic E-state index is 9.40. The molecule has 6 heterocycles. The SMILES string of the molecule is N#Cc1cc(-c2cccc(-c3ccc4c(c3)-c3cc(-c5ccccc5)ccc3C43c4ccccc4-c4ccccc43)n2)ccn1.N#Cc1ccnc(-c2ccc(-c3ccc4c(c3)-c3cc(-c5ccccc5)ccc3C43c4ccccc4-c4ccccc43)cn2)c1.N#Cc1cncc(-c2cccc(-c3ccc4c(c3)-c3cc(-c5ccccc5)ccc3C43c4ccccc4-c4ccccc43)n2)c1. The number of nitriles is 3. The molecule has 27 rings (SSSR count). The van der Waals surface area contributed by atoms with Crippen LogP contribution in [0.2, 0.25) is 0 Å². The number of hydrogen-bond acceptors (Lipinski definition) is 9. The lowest BCUT2D eigenvalue weighted by Crippen LogP contribution is -2.25. The highest BCUT2D eigenvalue weighted by Crippen LogP contribution is 2.67. The summed E-state index contributed by atoms with van der Waals surface area (Å²) in [7, 11) is 0. The van der Waals surface area contributed by atoms with Crippen molar-refractivity contribution in [2.45, 2.75) is 16.2 Å². The van der Waals surface area contributed by atoms with Crippen LogP contribution in [0.3, 0.4) is 0 Å². The zero-order valence-electron chi connectivity index (χ0n) is 72.8. The lowest BCUT2D eigenvalue weighted by molar-refractivity contribution is 0.794. The summed E-state index contributed by atoms with van der Waals surface area (Å²) in [6, 6.07) is 159. The first-order valence-electron chi connectivity index (χ1n) is 45.4. The average molecular weight is 1720 g/mol. The van der Waals surface area contributed by atoms with Crippen molar-refractivity contribution in [3.8, 4) is 186 Å². The first-order chi connectivity index (χ1) is 66.8. The van der Waals surface area contributed by atoms with E-state index in [1.165, 1.54) is 167 Å². The highest BCUT2D eigenvalue weighted by Gasteiger charge is 2.55. The maximum absolute atomic E-state index is 9.40. The molecule has 0 aliphatic heterocycles. The molecule has 0 radical (unpaired) electrons. The van der Waals surface area contributed by atoms with Crippen LogP contribution < -0.4 is 0 Å². The van der Waals surface area contributed by atoms with E-state index in [-0.39, 0.29) is 5.41 Å². The van der Waals surface area contributed by atoms with Crippen LogP contribution in [0.1, 0.15) is 83.6 Å². The summed E-state index contributed by atoms with van der Waals surface area (Å²) in [6.45, 7) is 0. The molecule has 0 saturated heterocycles. The molecule has 6 aliphatic carbocycles. The third-order valence-corrected chi connectivity index (χ3v) is 28.3. The van der Waals surface area contributed by atoms with Gasteiger partial charge in [-0.05, 0) is 270 Å². The second-order valence-corrected chi connectivity index (χ2v) is 35.1. The van der Waals surface area contributed by atoms with Crippen LogP contribution in [0.4, 0.5) is 0 Å². The number of pyridine rings is 6. The third-order valence-electron chi connectivity index (χ3n) is 28.3. The predicted octanol–water partition coefficient (Wildman–Crippen LogP) is 29.1. The van der Waals surface area contributed by atoms with Gasteiger partial charge >= 0.3 is 0 Å². The van der Waals surface area contributed by atoms with E-state index in [0.717, 1.165) is 61.9 Å². The van der Waals surface area contributed by atoms with Gasteiger partial charge in [-0.25, -0.2) is 15.0 Å². The van der Waals surface area contributed by atoms with Gasteiger partial charge in [0, 0.05) is 58.8 Å². The van der Waals surface area contributed by atoms with E-state index in [9.17, 15) is 15.8 Å². The summed E-state index contributed by atoms with van der Waals surface area (Å²) in [5.41, 5.74) is 49.4. The molecule has 0 N–H and O–H groups in total. The smallest absolute Gasteiger partial charge is 0.141 e. The van der Waals surface area contributed by atoms with Crippen molar-refractivity contribution in [3.63, 3.8) is 0 Å². The molecule has 0 atom stereocenters. The molecule has 9 heteroatoms. The standard InChI is InChI=1S/3C42H25N3/c43-24-27-21-31(26-44-25-27)41-16-8-15-40(45-41)30-18-20-39-35(23-30)34-22-29(28-9-2-1-3-10-28)17-19-38(34)42(39)36-13-6-4-11-32(36)33-12-5-7-14-37(33)42;43-26-31-23-30(21-22-44-31)41-16-8-15-40(45-41)29-18-20-39-35(25-29)34-24-28(27-9-2-1-3-10-27)17-19-38(34)42(39)36-13-6-4-11-32(36)33-12-5-7-14-37(33)42;43-25-27-20-21-44-41(22-27)40-19-16-31(26-45-40)30-15-18-39-35(24-30)34-23-29(28-8-2-1-3-9-28)14-17-38(34)42(39)36-12-6-4-10-32(36)33-11-5-7-13-37(33)42/h1-23,25-26H;1-25H;1-24,26H. The normalized spacial score (nSPS) is 13.0. The minimum absolute atomic E-state index is 0.380. The summed E-state index contributed by atoms with van der Waals surface area (Å²) >= 11 is 0. The van der Waals surface area contributed by atoms with Crippen LogP contribution in [0.25, 0.3) is 168 Å². The summed E-state index contributed by atoms with van der Waals surface area (Å²) < 4.78 is 0.